The van der Waals surface area contributed by atoms with Crippen molar-refractivity contribution in [3.8, 4) is 0 Å². The molecule has 0 aliphatic heterocycles. The highest BCUT2D eigenvalue weighted by atomic mass is 16.4. The zero-order valence-electron chi connectivity index (χ0n) is 11.3. The molecule has 1 saturated carbocycles. The van der Waals surface area contributed by atoms with Crippen molar-refractivity contribution in [3.63, 3.8) is 0 Å². The van der Waals surface area contributed by atoms with Gasteiger partial charge in [0.25, 0.3) is 0 Å². The fraction of sp³-hybridized carbons (Fsp3) is 0.533. The van der Waals surface area contributed by atoms with Crippen molar-refractivity contribution in [3.05, 3.63) is 34.3 Å². The van der Waals surface area contributed by atoms with E-state index >= 15 is 0 Å². The Morgan fingerprint density at radius 3 is 2.79 bits per heavy atom. The highest BCUT2D eigenvalue weighted by Gasteiger charge is 2.19. The Hall–Kier alpha value is -1.55. The van der Waals surface area contributed by atoms with Gasteiger partial charge in [0, 0.05) is 13.1 Å². The molecule has 0 unspecified atom stereocenters. The van der Waals surface area contributed by atoms with Gasteiger partial charge in [0.2, 0.25) is 0 Å². The average molecular weight is 260 g/mol. The van der Waals surface area contributed by atoms with Crippen LogP contribution in [-0.2, 0) is 13.5 Å². The quantitative estimate of drug-likeness (QED) is 0.900. The number of hydrogen-bond acceptors (Lipinski definition) is 3. The molecule has 19 heavy (non-hydrogen) atoms. The summed E-state index contributed by atoms with van der Waals surface area (Å²) in [6.45, 7) is 0. The van der Waals surface area contributed by atoms with Gasteiger partial charge < -0.3 is 10.2 Å². The molecule has 1 aliphatic rings. The summed E-state index contributed by atoms with van der Waals surface area (Å²) in [5, 5.41) is 0. The monoisotopic (exact) mass is 260 g/mol. The van der Waals surface area contributed by atoms with Crippen LogP contribution in [0.2, 0.25) is 0 Å². The smallest absolute Gasteiger partial charge is 0.408 e. The lowest BCUT2D eigenvalue weighted by atomic mass is 9.83. The van der Waals surface area contributed by atoms with Gasteiger partial charge in [-0.05, 0) is 55.7 Å². The third kappa shape index (κ3) is 2.45. The molecular weight excluding hydrogens is 240 g/mol. The van der Waals surface area contributed by atoms with Crippen LogP contribution in [0.25, 0.3) is 11.1 Å². The second-order valence-electron chi connectivity index (χ2n) is 5.71. The Morgan fingerprint density at radius 2 is 2.05 bits per heavy atom. The van der Waals surface area contributed by atoms with Gasteiger partial charge >= 0.3 is 5.76 Å². The van der Waals surface area contributed by atoms with E-state index < -0.39 is 0 Å². The van der Waals surface area contributed by atoms with Crippen molar-refractivity contribution in [2.24, 2.45) is 18.7 Å². The first kappa shape index (κ1) is 12.5. The van der Waals surface area contributed by atoms with E-state index in [1.165, 1.54) is 18.4 Å². The Bertz CT molecular complexity index is 633. The number of nitrogens with zero attached hydrogens (tertiary/aromatic N) is 1. The molecule has 0 saturated heterocycles. The number of benzene rings is 1. The third-order valence-corrected chi connectivity index (χ3v) is 4.27. The maximum absolute atomic E-state index is 11.5. The van der Waals surface area contributed by atoms with Crippen LogP contribution in [0.3, 0.4) is 0 Å². The van der Waals surface area contributed by atoms with Crippen LogP contribution in [0.5, 0.6) is 0 Å². The predicted molar refractivity (Wildman–Crippen MR) is 75.1 cm³/mol. The molecule has 3 rings (SSSR count). The summed E-state index contributed by atoms with van der Waals surface area (Å²) >= 11 is 0. The molecule has 4 heteroatoms. The minimum atomic E-state index is -0.296. The Kier molecular flexibility index (Phi) is 3.19. The molecule has 1 aliphatic carbocycles. The van der Waals surface area contributed by atoms with Crippen molar-refractivity contribution in [1.82, 2.24) is 4.57 Å². The molecule has 2 N–H and O–H groups in total. The molecule has 102 valence electrons. The van der Waals surface area contributed by atoms with Crippen LogP contribution in [0.15, 0.2) is 27.4 Å². The predicted octanol–water partition coefficient (Wildman–Crippen LogP) is 2.19. The zero-order valence-corrected chi connectivity index (χ0v) is 11.3. The maximum atomic E-state index is 11.5. The Labute approximate surface area is 112 Å². The highest BCUT2D eigenvalue weighted by Crippen LogP contribution is 2.27. The van der Waals surface area contributed by atoms with E-state index in [2.05, 4.69) is 12.1 Å². The van der Waals surface area contributed by atoms with Crippen LogP contribution in [-0.4, -0.2) is 10.6 Å². The summed E-state index contributed by atoms with van der Waals surface area (Å²) in [6.07, 6.45) is 5.77. The van der Waals surface area contributed by atoms with Crippen molar-refractivity contribution >= 4 is 11.1 Å². The molecule has 0 bridgehead atoms. The Balaban J connectivity index is 1.81. The lowest BCUT2D eigenvalue weighted by molar-refractivity contribution is 0.325. The van der Waals surface area contributed by atoms with Gasteiger partial charge in [0.1, 0.15) is 0 Å². The molecule has 1 fully saturated rings. The zero-order chi connectivity index (χ0) is 13.4. The number of nitrogens with two attached hydrogens (primary N) is 1. The standard InChI is InChI=1S/C15H20N2O2/c1-17-13-9-11(4-7-14(13)19-15(17)18)8-10-2-5-12(16)6-3-10/h4,7,9-10,12H,2-3,5-6,8,16H2,1H3. The van der Waals surface area contributed by atoms with Crippen molar-refractivity contribution < 1.29 is 4.42 Å². The number of fused-ring (bicyclic) bond motifs is 1. The normalized spacial score (nSPS) is 23.9. The fourth-order valence-corrected chi connectivity index (χ4v) is 3.02. The van der Waals surface area contributed by atoms with Gasteiger partial charge in [0.05, 0.1) is 5.52 Å². The largest absolute Gasteiger partial charge is 0.419 e. The first-order valence-corrected chi connectivity index (χ1v) is 6.97. The minimum Gasteiger partial charge on any atom is -0.408 e. The summed E-state index contributed by atoms with van der Waals surface area (Å²) in [5.74, 6) is 0.428. The van der Waals surface area contributed by atoms with Gasteiger partial charge in [-0.3, -0.25) is 4.57 Å². The molecule has 2 aromatic rings. The number of rotatable bonds is 2. The first-order valence-electron chi connectivity index (χ1n) is 6.97. The third-order valence-electron chi connectivity index (χ3n) is 4.27. The molecule has 1 heterocycles. The van der Waals surface area contributed by atoms with Crippen molar-refractivity contribution in [2.75, 3.05) is 0 Å². The molecule has 1 aromatic heterocycles. The Morgan fingerprint density at radius 1 is 1.32 bits per heavy atom. The van der Waals surface area contributed by atoms with Crippen LogP contribution in [0.1, 0.15) is 31.2 Å². The summed E-state index contributed by atoms with van der Waals surface area (Å²) in [5.41, 5.74) is 8.77. The molecule has 0 atom stereocenters. The van der Waals surface area contributed by atoms with Gasteiger partial charge in [-0.1, -0.05) is 6.07 Å². The second kappa shape index (κ2) is 4.85. The summed E-state index contributed by atoms with van der Waals surface area (Å²) in [6, 6.07) is 6.45. The lowest BCUT2D eigenvalue weighted by Gasteiger charge is -2.26. The van der Waals surface area contributed by atoms with Crippen molar-refractivity contribution in [1.29, 1.82) is 0 Å². The number of aromatic nitrogens is 1. The topological polar surface area (TPSA) is 61.2 Å². The SMILES string of the molecule is Cn1c(=O)oc2ccc(CC3CCC(N)CC3)cc21. The number of hydrogen-bond donors (Lipinski definition) is 1. The van der Waals surface area contributed by atoms with Gasteiger partial charge in [-0.25, -0.2) is 4.79 Å². The average Bonchev–Trinajstić information content (AvgIpc) is 2.69. The fourth-order valence-electron chi connectivity index (χ4n) is 3.02. The van der Waals surface area contributed by atoms with Crippen LogP contribution in [0, 0.1) is 5.92 Å². The van der Waals surface area contributed by atoms with E-state index in [0.717, 1.165) is 30.7 Å². The van der Waals surface area contributed by atoms with Crippen LogP contribution in [0.4, 0.5) is 0 Å². The highest BCUT2D eigenvalue weighted by molar-refractivity contribution is 5.73. The van der Waals surface area contributed by atoms with E-state index in [1.54, 1.807) is 11.6 Å². The summed E-state index contributed by atoms with van der Waals surface area (Å²) < 4.78 is 6.71. The number of aryl methyl sites for hydroxylation is 1. The molecule has 1 aromatic carbocycles. The number of oxazole rings is 1. The maximum Gasteiger partial charge on any atom is 0.419 e. The van der Waals surface area contributed by atoms with Crippen LogP contribution >= 0.6 is 0 Å². The van der Waals surface area contributed by atoms with Crippen molar-refractivity contribution in [2.45, 2.75) is 38.1 Å². The summed E-state index contributed by atoms with van der Waals surface area (Å²) in [7, 11) is 1.75. The van der Waals surface area contributed by atoms with E-state index in [-0.39, 0.29) is 5.76 Å². The van der Waals surface area contributed by atoms with Gasteiger partial charge in [-0.15, -0.1) is 0 Å². The molecule has 0 radical (unpaired) electrons. The van der Waals surface area contributed by atoms with E-state index in [0.29, 0.717) is 11.6 Å². The molecular formula is C15H20N2O2. The minimum absolute atomic E-state index is 0.296. The lowest BCUT2D eigenvalue weighted by Crippen LogP contribution is -2.27. The van der Waals surface area contributed by atoms with E-state index in [1.807, 2.05) is 6.07 Å². The van der Waals surface area contributed by atoms with Gasteiger partial charge in [-0.2, -0.15) is 0 Å². The molecule has 4 nitrogen and oxygen atoms in total. The second-order valence-corrected chi connectivity index (χ2v) is 5.71. The molecule has 0 amide bonds. The summed E-state index contributed by atoms with van der Waals surface area (Å²) in [4.78, 5) is 11.5. The van der Waals surface area contributed by atoms with E-state index in [9.17, 15) is 4.79 Å². The van der Waals surface area contributed by atoms with E-state index in [4.69, 9.17) is 10.2 Å². The van der Waals surface area contributed by atoms with Gasteiger partial charge in [0.15, 0.2) is 5.58 Å². The van der Waals surface area contributed by atoms with Crippen LogP contribution < -0.4 is 11.5 Å². The first-order chi connectivity index (χ1) is 9.13. The molecule has 0 spiro atoms.